The first-order valence-corrected chi connectivity index (χ1v) is 6.91. The van der Waals surface area contributed by atoms with Crippen LogP contribution in [-0.4, -0.2) is 10.7 Å². The Labute approximate surface area is 96.3 Å². The molecule has 15 heavy (non-hydrogen) atoms. The molecule has 0 unspecified atom stereocenters. The Kier molecular flexibility index (Phi) is 9.18. The molecule has 0 spiro atoms. The Morgan fingerprint density at radius 3 is 1.47 bits per heavy atom. The Morgan fingerprint density at radius 2 is 1.07 bits per heavy atom. The first-order chi connectivity index (χ1) is 7.18. The minimum absolute atomic E-state index is 0.346. The van der Waals surface area contributed by atoms with Gasteiger partial charge in [-0.3, -0.25) is 0 Å². The van der Waals surface area contributed by atoms with Crippen LogP contribution in [0.2, 0.25) is 0 Å². The lowest BCUT2D eigenvalue weighted by Crippen LogP contribution is -2.28. The van der Waals surface area contributed by atoms with Crippen molar-refractivity contribution in [3.8, 4) is 0 Å². The molecule has 1 nitrogen and oxygen atoms in total. The van der Waals surface area contributed by atoms with Gasteiger partial charge < -0.3 is 5.11 Å². The molecular formula is C14H30O. The zero-order valence-electron chi connectivity index (χ0n) is 11.0. The van der Waals surface area contributed by atoms with Crippen molar-refractivity contribution in [1.82, 2.24) is 0 Å². The van der Waals surface area contributed by atoms with Gasteiger partial charge in [0.2, 0.25) is 0 Å². The molecule has 0 heterocycles. The van der Waals surface area contributed by atoms with Crippen LogP contribution >= 0.6 is 0 Å². The van der Waals surface area contributed by atoms with E-state index in [9.17, 15) is 5.11 Å². The highest BCUT2D eigenvalue weighted by atomic mass is 16.3. The average Bonchev–Trinajstić information content (AvgIpc) is 2.24. The van der Waals surface area contributed by atoms with Crippen LogP contribution in [0, 0.1) is 0 Å². The fourth-order valence-electron chi connectivity index (χ4n) is 2.09. The quantitative estimate of drug-likeness (QED) is 0.524. The van der Waals surface area contributed by atoms with Gasteiger partial charge in [0, 0.05) is 0 Å². The number of hydrogen-bond acceptors (Lipinski definition) is 1. The van der Waals surface area contributed by atoms with Crippen LogP contribution in [-0.2, 0) is 0 Å². The van der Waals surface area contributed by atoms with Gasteiger partial charge in [-0.2, -0.15) is 0 Å². The lowest BCUT2D eigenvalue weighted by molar-refractivity contribution is 0.00799. The fourth-order valence-corrected chi connectivity index (χ4v) is 2.09. The molecular weight excluding hydrogens is 184 g/mol. The third kappa shape index (κ3) is 7.84. The molecule has 0 aliphatic rings. The smallest absolute Gasteiger partial charge is 0.0647 e. The molecule has 0 bridgehead atoms. The molecule has 0 radical (unpaired) electrons. The molecule has 0 aliphatic carbocycles. The van der Waals surface area contributed by atoms with Gasteiger partial charge in [0.25, 0.3) is 0 Å². The van der Waals surface area contributed by atoms with Gasteiger partial charge in [-0.1, -0.05) is 65.7 Å². The van der Waals surface area contributed by atoms with Gasteiger partial charge in [0.05, 0.1) is 5.60 Å². The van der Waals surface area contributed by atoms with Gasteiger partial charge in [0.1, 0.15) is 0 Å². The summed E-state index contributed by atoms with van der Waals surface area (Å²) in [5, 5.41) is 10.5. The zero-order chi connectivity index (χ0) is 11.6. The summed E-state index contributed by atoms with van der Waals surface area (Å²) in [4.78, 5) is 0. The Hall–Kier alpha value is -0.0400. The molecule has 1 heteroatoms. The zero-order valence-corrected chi connectivity index (χ0v) is 11.0. The number of hydrogen-bond donors (Lipinski definition) is 1. The van der Waals surface area contributed by atoms with Crippen molar-refractivity contribution in [2.75, 3.05) is 0 Å². The second kappa shape index (κ2) is 9.21. The van der Waals surface area contributed by atoms with E-state index in [1.165, 1.54) is 44.9 Å². The largest absolute Gasteiger partial charge is 0.390 e. The Morgan fingerprint density at radius 1 is 0.667 bits per heavy atom. The average molecular weight is 214 g/mol. The van der Waals surface area contributed by atoms with E-state index in [-0.39, 0.29) is 5.60 Å². The Bertz CT molecular complexity index is 123. The molecule has 0 saturated carbocycles. The number of aliphatic hydroxyl groups is 1. The molecule has 0 rings (SSSR count). The SMILES string of the molecule is CCCCCC(O)(CCCC)CCCC. The lowest BCUT2D eigenvalue weighted by Gasteiger charge is -2.28. The summed E-state index contributed by atoms with van der Waals surface area (Å²) in [6.45, 7) is 6.62. The highest BCUT2D eigenvalue weighted by molar-refractivity contribution is 4.78. The summed E-state index contributed by atoms with van der Waals surface area (Å²) >= 11 is 0. The van der Waals surface area contributed by atoms with Crippen molar-refractivity contribution in [3.63, 3.8) is 0 Å². The molecule has 0 atom stereocenters. The maximum Gasteiger partial charge on any atom is 0.0647 e. The van der Waals surface area contributed by atoms with E-state index >= 15 is 0 Å². The first kappa shape index (κ1) is 15.0. The van der Waals surface area contributed by atoms with Crippen molar-refractivity contribution in [2.24, 2.45) is 0 Å². The van der Waals surface area contributed by atoms with Crippen molar-refractivity contribution >= 4 is 0 Å². The van der Waals surface area contributed by atoms with Crippen LogP contribution in [0.15, 0.2) is 0 Å². The van der Waals surface area contributed by atoms with Crippen LogP contribution in [0.5, 0.6) is 0 Å². The summed E-state index contributed by atoms with van der Waals surface area (Å²) in [7, 11) is 0. The maximum atomic E-state index is 10.5. The van der Waals surface area contributed by atoms with Crippen LogP contribution in [0.25, 0.3) is 0 Å². The topological polar surface area (TPSA) is 20.2 Å². The molecule has 0 aromatic carbocycles. The molecule has 0 aliphatic heterocycles. The number of unbranched alkanes of at least 4 members (excludes halogenated alkanes) is 4. The third-order valence-corrected chi connectivity index (χ3v) is 3.24. The first-order valence-electron chi connectivity index (χ1n) is 6.91. The van der Waals surface area contributed by atoms with Crippen molar-refractivity contribution in [3.05, 3.63) is 0 Å². The Balaban J connectivity index is 3.89. The number of rotatable bonds is 10. The van der Waals surface area contributed by atoms with Crippen molar-refractivity contribution < 1.29 is 5.11 Å². The molecule has 1 N–H and O–H groups in total. The van der Waals surface area contributed by atoms with E-state index in [1.807, 2.05) is 0 Å². The van der Waals surface area contributed by atoms with Gasteiger partial charge in [-0.05, 0) is 19.3 Å². The molecule has 0 aromatic rings. The summed E-state index contributed by atoms with van der Waals surface area (Å²) < 4.78 is 0. The summed E-state index contributed by atoms with van der Waals surface area (Å²) in [6, 6.07) is 0. The monoisotopic (exact) mass is 214 g/mol. The van der Waals surface area contributed by atoms with Crippen molar-refractivity contribution in [2.45, 2.75) is 90.6 Å². The van der Waals surface area contributed by atoms with E-state index in [1.54, 1.807) is 0 Å². The summed E-state index contributed by atoms with van der Waals surface area (Å²) in [5.41, 5.74) is -0.346. The predicted molar refractivity (Wildman–Crippen MR) is 68.1 cm³/mol. The van der Waals surface area contributed by atoms with E-state index in [0.717, 1.165) is 19.3 Å². The molecule has 0 saturated heterocycles. The summed E-state index contributed by atoms with van der Waals surface area (Å²) in [6.07, 6.45) is 11.5. The van der Waals surface area contributed by atoms with Gasteiger partial charge in [-0.25, -0.2) is 0 Å². The molecule has 0 amide bonds. The van der Waals surface area contributed by atoms with Crippen LogP contribution in [0.3, 0.4) is 0 Å². The van der Waals surface area contributed by atoms with Crippen LogP contribution in [0.4, 0.5) is 0 Å². The van der Waals surface area contributed by atoms with E-state index in [2.05, 4.69) is 20.8 Å². The van der Waals surface area contributed by atoms with E-state index in [4.69, 9.17) is 0 Å². The molecule has 0 fully saturated rings. The van der Waals surface area contributed by atoms with Gasteiger partial charge in [0.15, 0.2) is 0 Å². The van der Waals surface area contributed by atoms with E-state index < -0.39 is 0 Å². The second-order valence-electron chi connectivity index (χ2n) is 4.89. The lowest BCUT2D eigenvalue weighted by atomic mass is 9.86. The fraction of sp³-hybridized carbons (Fsp3) is 1.00. The third-order valence-electron chi connectivity index (χ3n) is 3.24. The van der Waals surface area contributed by atoms with Crippen molar-refractivity contribution in [1.29, 1.82) is 0 Å². The second-order valence-corrected chi connectivity index (χ2v) is 4.89. The standard InChI is InChI=1S/C14H30O/c1-4-7-10-13-14(15,11-8-5-2)12-9-6-3/h15H,4-13H2,1-3H3. The van der Waals surface area contributed by atoms with E-state index in [0.29, 0.717) is 0 Å². The van der Waals surface area contributed by atoms with Gasteiger partial charge >= 0.3 is 0 Å². The van der Waals surface area contributed by atoms with Crippen LogP contribution in [0.1, 0.15) is 85.0 Å². The minimum Gasteiger partial charge on any atom is -0.390 e. The highest BCUT2D eigenvalue weighted by Crippen LogP contribution is 2.27. The molecule has 92 valence electrons. The van der Waals surface area contributed by atoms with Gasteiger partial charge in [-0.15, -0.1) is 0 Å². The highest BCUT2D eigenvalue weighted by Gasteiger charge is 2.24. The predicted octanol–water partition coefficient (Wildman–Crippen LogP) is 4.68. The minimum atomic E-state index is -0.346. The normalized spacial score (nSPS) is 12.0. The molecule has 0 aromatic heterocycles. The maximum absolute atomic E-state index is 10.5. The van der Waals surface area contributed by atoms with Crippen LogP contribution < -0.4 is 0 Å². The summed E-state index contributed by atoms with van der Waals surface area (Å²) in [5.74, 6) is 0.